The summed E-state index contributed by atoms with van der Waals surface area (Å²) in [6, 6.07) is 8.09. The zero-order valence-corrected chi connectivity index (χ0v) is 13.9. The van der Waals surface area contributed by atoms with E-state index in [2.05, 4.69) is 10.6 Å². The van der Waals surface area contributed by atoms with Crippen molar-refractivity contribution in [1.82, 2.24) is 10.6 Å². The Kier molecular flexibility index (Phi) is 8.82. The number of rotatable bonds is 10. The molecule has 1 rings (SSSR count). The Morgan fingerprint density at radius 1 is 1.22 bits per heavy atom. The maximum Gasteiger partial charge on any atom is 0.303 e. The first-order valence-electron chi connectivity index (χ1n) is 7.39. The van der Waals surface area contributed by atoms with E-state index in [9.17, 15) is 14.4 Å². The molecule has 3 N–H and O–H groups in total. The maximum atomic E-state index is 12.2. The monoisotopic (exact) mass is 338 g/mol. The van der Waals surface area contributed by atoms with Gasteiger partial charge in [-0.3, -0.25) is 14.4 Å². The molecular weight excluding hydrogens is 316 g/mol. The predicted molar refractivity (Wildman–Crippen MR) is 90.6 cm³/mol. The smallest absolute Gasteiger partial charge is 0.303 e. The molecule has 0 aliphatic rings. The molecule has 0 spiro atoms. The summed E-state index contributed by atoms with van der Waals surface area (Å²) in [6.45, 7) is 0.280. The Hall–Kier alpha value is -2.02. The number of benzene rings is 1. The molecule has 6 nitrogen and oxygen atoms in total. The van der Waals surface area contributed by atoms with Crippen LogP contribution in [0.4, 0.5) is 0 Å². The summed E-state index contributed by atoms with van der Waals surface area (Å²) in [4.78, 5) is 34.8. The van der Waals surface area contributed by atoms with Crippen molar-refractivity contribution in [2.24, 2.45) is 0 Å². The van der Waals surface area contributed by atoms with Crippen molar-refractivity contribution in [2.75, 3.05) is 18.6 Å². The number of carbonyl (C=O) groups is 3. The Balaban J connectivity index is 2.55. The Labute approximate surface area is 140 Å². The SMILES string of the molecule is CSCCC(NC(=O)c1ccccc1)C(=O)NCCCC(=O)O. The van der Waals surface area contributed by atoms with E-state index in [4.69, 9.17) is 5.11 Å². The summed E-state index contributed by atoms with van der Waals surface area (Å²) < 4.78 is 0. The van der Waals surface area contributed by atoms with Crippen molar-refractivity contribution >= 4 is 29.5 Å². The molecule has 7 heteroatoms. The van der Waals surface area contributed by atoms with Gasteiger partial charge in [-0.2, -0.15) is 11.8 Å². The average Bonchev–Trinajstić information content (AvgIpc) is 2.55. The van der Waals surface area contributed by atoms with Gasteiger partial charge in [0.2, 0.25) is 5.91 Å². The van der Waals surface area contributed by atoms with Gasteiger partial charge in [-0.05, 0) is 37.0 Å². The van der Waals surface area contributed by atoms with Crippen LogP contribution in [0.5, 0.6) is 0 Å². The van der Waals surface area contributed by atoms with Gasteiger partial charge >= 0.3 is 5.97 Å². The Morgan fingerprint density at radius 3 is 2.52 bits per heavy atom. The number of aliphatic carboxylic acids is 1. The van der Waals surface area contributed by atoms with Crippen LogP contribution in [0.1, 0.15) is 29.6 Å². The lowest BCUT2D eigenvalue weighted by molar-refractivity contribution is -0.137. The summed E-state index contributed by atoms with van der Waals surface area (Å²) in [5.41, 5.74) is 0.500. The van der Waals surface area contributed by atoms with E-state index in [-0.39, 0.29) is 24.8 Å². The molecule has 23 heavy (non-hydrogen) atoms. The minimum atomic E-state index is -0.893. The van der Waals surface area contributed by atoms with Crippen LogP contribution >= 0.6 is 11.8 Å². The van der Waals surface area contributed by atoms with E-state index in [0.717, 1.165) is 5.75 Å². The van der Waals surface area contributed by atoms with E-state index >= 15 is 0 Å². The van der Waals surface area contributed by atoms with Gasteiger partial charge in [0.05, 0.1) is 0 Å². The zero-order valence-electron chi connectivity index (χ0n) is 13.1. The van der Waals surface area contributed by atoms with E-state index in [0.29, 0.717) is 18.4 Å². The van der Waals surface area contributed by atoms with Crippen LogP contribution in [0.3, 0.4) is 0 Å². The van der Waals surface area contributed by atoms with Gasteiger partial charge in [-0.25, -0.2) is 0 Å². The molecule has 0 aliphatic carbocycles. The van der Waals surface area contributed by atoms with Gasteiger partial charge in [-0.15, -0.1) is 0 Å². The number of amides is 2. The third-order valence-electron chi connectivity index (χ3n) is 3.14. The van der Waals surface area contributed by atoms with Gasteiger partial charge in [0.15, 0.2) is 0 Å². The van der Waals surface area contributed by atoms with E-state index < -0.39 is 12.0 Å². The molecule has 0 heterocycles. The second-order valence-electron chi connectivity index (χ2n) is 4.96. The van der Waals surface area contributed by atoms with Crippen LogP contribution in [0.25, 0.3) is 0 Å². The molecule has 0 radical (unpaired) electrons. The largest absolute Gasteiger partial charge is 0.481 e. The van der Waals surface area contributed by atoms with Crippen molar-refractivity contribution in [3.8, 4) is 0 Å². The highest BCUT2D eigenvalue weighted by Gasteiger charge is 2.20. The van der Waals surface area contributed by atoms with Crippen molar-refractivity contribution in [3.05, 3.63) is 35.9 Å². The number of carboxylic acids is 1. The first-order chi connectivity index (χ1) is 11.0. The van der Waals surface area contributed by atoms with Crippen molar-refractivity contribution in [2.45, 2.75) is 25.3 Å². The maximum absolute atomic E-state index is 12.2. The molecule has 1 aromatic rings. The third-order valence-corrected chi connectivity index (χ3v) is 3.78. The Bertz CT molecular complexity index is 522. The summed E-state index contributed by atoms with van der Waals surface area (Å²) in [5, 5.41) is 14.0. The molecule has 0 aromatic heterocycles. The summed E-state index contributed by atoms with van der Waals surface area (Å²) in [5.74, 6) is -0.732. The normalized spacial score (nSPS) is 11.5. The standard InChI is InChI=1S/C16H22N2O4S/c1-23-11-9-13(16(22)17-10-5-8-14(19)20)18-15(21)12-6-3-2-4-7-12/h2-4,6-7,13H,5,8-11H2,1H3,(H,17,22)(H,18,21)(H,19,20). The van der Waals surface area contributed by atoms with Gasteiger partial charge in [-0.1, -0.05) is 18.2 Å². The van der Waals surface area contributed by atoms with Crippen molar-refractivity contribution in [1.29, 1.82) is 0 Å². The van der Waals surface area contributed by atoms with Gasteiger partial charge < -0.3 is 15.7 Å². The highest BCUT2D eigenvalue weighted by Crippen LogP contribution is 2.04. The van der Waals surface area contributed by atoms with Crippen LogP contribution in [-0.4, -0.2) is 47.5 Å². The quantitative estimate of drug-likeness (QED) is 0.562. The molecule has 0 fully saturated rings. The van der Waals surface area contributed by atoms with E-state index in [1.54, 1.807) is 36.0 Å². The van der Waals surface area contributed by atoms with Gasteiger partial charge in [0.25, 0.3) is 5.91 Å². The number of carboxylic acid groups (broad SMARTS) is 1. The number of thioether (sulfide) groups is 1. The highest BCUT2D eigenvalue weighted by atomic mass is 32.2. The second kappa shape index (κ2) is 10.7. The van der Waals surface area contributed by atoms with Crippen molar-refractivity contribution in [3.63, 3.8) is 0 Å². The zero-order chi connectivity index (χ0) is 17.1. The number of hydrogen-bond acceptors (Lipinski definition) is 4. The minimum Gasteiger partial charge on any atom is -0.481 e. The summed E-state index contributed by atoms with van der Waals surface area (Å²) in [7, 11) is 0. The third kappa shape index (κ3) is 7.69. The van der Waals surface area contributed by atoms with Crippen LogP contribution < -0.4 is 10.6 Å². The molecule has 0 saturated heterocycles. The number of hydrogen-bond donors (Lipinski definition) is 3. The first-order valence-corrected chi connectivity index (χ1v) is 8.78. The molecule has 0 aliphatic heterocycles. The first kappa shape index (κ1) is 19.0. The number of nitrogens with one attached hydrogen (secondary N) is 2. The fourth-order valence-corrected chi connectivity index (χ4v) is 2.38. The van der Waals surface area contributed by atoms with Crippen LogP contribution in [0.15, 0.2) is 30.3 Å². The molecule has 1 atom stereocenters. The molecule has 0 saturated carbocycles. The molecule has 2 amide bonds. The lowest BCUT2D eigenvalue weighted by atomic mass is 10.1. The predicted octanol–water partition coefficient (Wildman–Crippen LogP) is 1.52. The lowest BCUT2D eigenvalue weighted by Crippen LogP contribution is -2.47. The van der Waals surface area contributed by atoms with Crippen LogP contribution in [0, 0.1) is 0 Å². The number of carbonyl (C=O) groups excluding carboxylic acids is 2. The van der Waals surface area contributed by atoms with E-state index in [1.807, 2.05) is 12.3 Å². The van der Waals surface area contributed by atoms with Crippen LogP contribution in [-0.2, 0) is 9.59 Å². The lowest BCUT2D eigenvalue weighted by Gasteiger charge is -2.18. The minimum absolute atomic E-state index is 0.00608. The molecular formula is C16H22N2O4S. The van der Waals surface area contributed by atoms with Crippen molar-refractivity contribution < 1.29 is 19.5 Å². The fraction of sp³-hybridized carbons (Fsp3) is 0.438. The average molecular weight is 338 g/mol. The molecule has 126 valence electrons. The fourth-order valence-electron chi connectivity index (χ4n) is 1.91. The molecule has 1 unspecified atom stereocenters. The summed E-state index contributed by atoms with van der Waals surface area (Å²) in [6.07, 6.45) is 2.82. The highest BCUT2D eigenvalue weighted by molar-refractivity contribution is 7.98. The summed E-state index contributed by atoms with van der Waals surface area (Å²) >= 11 is 1.59. The molecule has 0 bridgehead atoms. The molecule has 1 aromatic carbocycles. The van der Waals surface area contributed by atoms with Crippen LogP contribution in [0.2, 0.25) is 0 Å². The van der Waals surface area contributed by atoms with E-state index in [1.165, 1.54) is 0 Å². The van der Waals surface area contributed by atoms with Gasteiger partial charge in [0.1, 0.15) is 6.04 Å². The Morgan fingerprint density at radius 2 is 1.91 bits per heavy atom. The van der Waals surface area contributed by atoms with Gasteiger partial charge in [0, 0.05) is 18.5 Å². The second-order valence-corrected chi connectivity index (χ2v) is 5.95. The topological polar surface area (TPSA) is 95.5 Å².